The first-order valence-electron chi connectivity index (χ1n) is 11.5. The van der Waals surface area contributed by atoms with Gasteiger partial charge in [0, 0.05) is 30.4 Å². The highest BCUT2D eigenvalue weighted by molar-refractivity contribution is 5.94. The molecule has 0 unspecified atom stereocenters. The second kappa shape index (κ2) is 9.65. The first-order chi connectivity index (χ1) is 16.3. The van der Waals surface area contributed by atoms with Gasteiger partial charge in [0.25, 0.3) is 0 Å². The fraction of sp³-hybridized carbons (Fsp3) is 0.385. The zero-order valence-electron chi connectivity index (χ0n) is 20.0. The molecule has 0 bridgehead atoms. The Bertz CT molecular complexity index is 1260. The highest BCUT2D eigenvalue weighted by Crippen LogP contribution is 2.31. The Balaban J connectivity index is 1.74. The Labute approximate surface area is 199 Å². The van der Waals surface area contributed by atoms with Crippen LogP contribution in [0.2, 0.25) is 0 Å². The van der Waals surface area contributed by atoms with Gasteiger partial charge in [-0.15, -0.1) is 0 Å². The normalized spacial score (nSPS) is 15.4. The number of carboxylic acid groups (broad SMARTS) is 1. The number of carbonyl (C=O) groups is 1. The number of anilines is 2. The topological polar surface area (TPSA) is 105 Å². The van der Waals surface area contributed by atoms with Crippen LogP contribution in [-0.2, 0) is 0 Å². The van der Waals surface area contributed by atoms with Crippen molar-refractivity contribution in [1.82, 2.24) is 14.9 Å². The summed E-state index contributed by atoms with van der Waals surface area (Å²) in [6.45, 7) is 5.60. The van der Waals surface area contributed by atoms with Gasteiger partial charge in [-0.1, -0.05) is 18.2 Å². The largest absolute Gasteiger partial charge is 0.478 e. The van der Waals surface area contributed by atoms with Crippen LogP contribution in [0.15, 0.2) is 36.4 Å². The molecule has 176 valence electrons. The Kier molecular flexibility index (Phi) is 6.66. The van der Waals surface area contributed by atoms with E-state index in [0.29, 0.717) is 28.8 Å². The van der Waals surface area contributed by atoms with Crippen LogP contribution in [0.4, 0.5) is 11.5 Å². The van der Waals surface area contributed by atoms with Crippen molar-refractivity contribution in [3.05, 3.63) is 58.8 Å². The van der Waals surface area contributed by atoms with Crippen LogP contribution >= 0.6 is 0 Å². The van der Waals surface area contributed by atoms with Gasteiger partial charge in [-0.3, -0.25) is 0 Å². The summed E-state index contributed by atoms with van der Waals surface area (Å²) in [6, 6.07) is 13.4. The molecule has 0 aliphatic carbocycles. The SMILES string of the molecule is Cc1cc([C@@H](C)Nc2ccccc2C(=O)O)c2nc(N3CCC(N(C)C)CC3)c(C#N)nc2c1. The van der Waals surface area contributed by atoms with Crippen LogP contribution in [0.3, 0.4) is 0 Å². The molecule has 1 aliphatic rings. The third-order valence-electron chi connectivity index (χ3n) is 6.52. The Morgan fingerprint density at radius 2 is 1.94 bits per heavy atom. The molecule has 8 nitrogen and oxygen atoms in total. The van der Waals surface area contributed by atoms with Gasteiger partial charge in [0.2, 0.25) is 0 Å². The summed E-state index contributed by atoms with van der Waals surface area (Å²) in [5.74, 6) is -0.360. The number of nitriles is 1. The molecule has 1 aromatic heterocycles. The van der Waals surface area contributed by atoms with Crippen molar-refractivity contribution in [2.75, 3.05) is 37.4 Å². The zero-order valence-corrected chi connectivity index (χ0v) is 20.0. The minimum absolute atomic E-state index is 0.216. The van der Waals surface area contributed by atoms with Crippen LogP contribution in [-0.4, -0.2) is 59.2 Å². The number of aryl methyl sites for hydroxylation is 1. The quantitative estimate of drug-likeness (QED) is 0.566. The number of hydrogen-bond acceptors (Lipinski definition) is 7. The van der Waals surface area contributed by atoms with E-state index in [2.05, 4.69) is 40.3 Å². The number of para-hydroxylation sites is 1. The van der Waals surface area contributed by atoms with Crippen LogP contribution in [0.1, 0.15) is 53.0 Å². The Morgan fingerprint density at radius 1 is 1.24 bits per heavy atom. The number of rotatable bonds is 6. The van der Waals surface area contributed by atoms with Crippen molar-refractivity contribution in [1.29, 1.82) is 5.26 Å². The minimum Gasteiger partial charge on any atom is -0.478 e. The number of hydrogen-bond donors (Lipinski definition) is 2. The maximum absolute atomic E-state index is 11.7. The van der Waals surface area contributed by atoms with Gasteiger partial charge < -0.3 is 20.2 Å². The van der Waals surface area contributed by atoms with Crippen molar-refractivity contribution >= 4 is 28.5 Å². The molecule has 1 aliphatic heterocycles. The summed E-state index contributed by atoms with van der Waals surface area (Å²) in [6.07, 6.45) is 2.00. The number of aromatic carboxylic acids is 1. The Morgan fingerprint density at radius 3 is 2.59 bits per heavy atom. The summed E-state index contributed by atoms with van der Waals surface area (Å²) < 4.78 is 0. The molecule has 0 saturated carbocycles. The molecule has 4 rings (SSSR count). The molecule has 0 amide bonds. The van der Waals surface area contributed by atoms with Gasteiger partial charge in [0.05, 0.1) is 22.6 Å². The van der Waals surface area contributed by atoms with E-state index in [0.717, 1.165) is 42.6 Å². The lowest BCUT2D eigenvalue weighted by Gasteiger charge is -2.36. The fourth-order valence-electron chi connectivity index (χ4n) is 4.65. The second-order valence-electron chi connectivity index (χ2n) is 9.13. The van der Waals surface area contributed by atoms with E-state index in [1.165, 1.54) is 0 Å². The lowest BCUT2D eigenvalue weighted by atomic mass is 10.0. The first-order valence-corrected chi connectivity index (χ1v) is 11.5. The highest BCUT2D eigenvalue weighted by atomic mass is 16.4. The molecule has 2 heterocycles. The number of carboxylic acids is 1. The molecule has 2 N–H and O–H groups in total. The lowest BCUT2D eigenvalue weighted by Crippen LogP contribution is -2.42. The smallest absolute Gasteiger partial charge is 0.337 e. The number of benzene rings is 2. The zero-order chi connectivity index (χ0) is 24.4. The molecule has 2 aromatic carbocycles. The minimum atomic E-state index is -0.980. The average Bonchev–Trinajstić information content (AvgIpc) is 2.82. The molecular weight excluding hydrogens is 428 g/mol. The summed E-state index contributed by atoms with van der Waals surface area (Å²) >= 11 is 0. The lowest BCUT2D eigenvalue weighted by molar-refractivity contribution is 0.0698. The van der Waals surface area contributed by atoms with E-state index in [1.54, 1.807) is 18.2 Å². The molecule has 1 atom stereocenters. The van der Waals surface area contributed by atoms with Crippen LogP contribution < -0.4 is 10.2 Å². The number of nitrogens with one attached hydrogen (secondary N) is 1. The first kappa shape index (κ1) is 23.5. The molecular formula is C26H30N6O2. The third-order valence-corrected chi connectivity index (χ3v) is 6.52. The predicted octanol–water partition coefficient (Wildman–Crippen LogP) is 4.21. The predicted molar refractivity (Wildman–Crippen MR) is 133 cm³/mol. The van der Waals surface area contributed by atoms with Gasteiger partial charge in [-0.05, 0) is 64.5 Å². The average molecular weight is 459 g/mol. The van der Waals surface area contributed by atoms with E-state index in [9.17, 15) is 15.2 Å². The van der Waals surface area contributed by atoms with Crippen molar-refractivity contribution < 1.29 is 9.90 Å². The number of piperidine rings is 1. The summed E-state index contributed by atoms with van der Waals surface area (Å²) in [5, 5.41) is 22.7. The number of fused-ring (bicyclic) bond motifs is 1. The molecule has 0 spiro atoms. The van der Waals surface area contributed by atoms with Crippen LogP contribution in [0.5, 0.6) is 0 Å². The number of aromatic nitrogens is 2. The standard InChI is InChI=1S/C26H30N6O2/c1-16-13-20(17(2)28-21-8-6-5-7-19(21)26(33)34)24-22(14-16)29-23(15-27)25(30-24)32-11-9-18(10-12-32)31(3)4/h5-8,13-14,17-18,28H,9-12H2,1-4H3,(H,33,34)/t17-/m1/s1. The third kappa shape index (κ3) is 4.66. The summed E-state index contributed by atoms with van der Waals surface area (Å²) in [7, 11) is 4.20. The highest BCUT2D eigenvalue weighted by Gasteiger charge is 2.25. The molecule has 34 heavy (non-hydrogen) atoms. The van der Waals surface area contributed by atoms with Crippen LogP contribution in [0.25, 0.3) is 11.0 Å². The van der Waals surface area contributed by atoms with E-state index >= 15 is 0 Å². The van der Waals surface area contributed by atoms with Gasteiger partial charge in [0.1, 0.15) is 6.07 Å². The second-order valence-corrected chi connectivity index (χ2v) is 9.13. The van der Waals surface area contributed by atoms with E-state index < -0.39 is 5.97 Å². The van der Waals surface area contributed by atoms with E-state index in [1.807, 2.05) is 32.0 Å². The summed E-state index contributed by atoms with van der Waals surface area (Å²) in [5.41, 5.74) is 4.40. The fourth-order valence-corrected chi connectivity index (χ4v) is 4.65. The van der Waals surface area contributed by atoms with Gasteiger partial charge in [0.15, 0.2) is 11.5 Å². The number of nitrogens with zero attached hydrogens (tertiary/aromatic N) is 5. The van der Waals surface area contributed by atoms with Crippen molar-refractivity contribution in [2.45, 2.75) is 38.8 Å². The van der Waals surface area contributed by atoms with Crippen LogP contribution in [0, 0.1) is 18.3 Å². The van der Waals surface area contributed by atoms with Crippen molar-refractivity contribution in [2.24, 2.45) is 0 Å². The molecule has 8 heteroatoms. The summed E-state index contributed by atoms with van der Waals surface area (Å²) in [4.78, 5) is 25.7. The van der Waals surface area contributed by atoms with Crippen molar-refractivity contribution in [3.8, 4) is 6.07 Å². The maximum atomic E-state index is 11.7. The molecule has 3 aromatic rings. The van der Waals surface area contributed by atoms with E-state index in [-0.39, 0.29) is 11.6 Å². The van der Waals surface area contributed by atoms with Gasteiger partial charge in [-0.25, -0.2) is 14.8 Å². The van der Waals surface area contributed by atoms with Gasteiger partial charge in [-0.2, -0.15) is 5.26 Å². The Hall–Kier alpha value is -3.70. The van der Waals surface area contributed by atoms with Gasteiger partial charge >= 0.3 is 5.97 Å². The maximum Gasteiger partial charge on any atom is 0.337 e. The van der Waals surface area contributed by atoms with E-state index in [4.69, 9.17) is 4.98 Å². The monoisotopic (exact) mass is 458 g/mol. The molecule has 0 radical (unpaired) electrons. The van der Waals surface area contributed by atoms with Crippen molar-refractivity contribution in [3.63, 3.8) is 0 Å². The molecule has 1 saturated heterocycles. The molecule has 1 fully saturated rings.